The second-order valence-corrected chi connectivity index (χ2v) is 8.10. The van der Waals surface area contributed by atoms with E-state index in [2.05, 4.69) is 25.6 Å². The summed E-state index contributed by atoms with van der Waals surface area (Å²) in [7, 11) is 0. The molecule has 3 N–H and O–H groups in total. The molecule has 1 unspecified atom stereocenters. The monoisotopic (exact) mass is 445 g/mol. The summed E-state index contributed by atoms with van der Waals surface area (Å²) in [6.45, 7) is 9.20. The van der Waals surface area contributed by atoms with E-state index < -0.39 is 0 Å². The number of H-pyrrole nitrogens is 1. The topological polar surface area (TPSA) is 91.4 Å². The fourth-order valence-corrected chi connectivity index (χ4v) is 4.19. The molecule has 0 aliphatic carbocycles. The van der Waals surface area contributed by atoms with Crippen molar-refractivity contribution in [3.63, 3.8) is 0 Å². The van der Waals surface area contributed by atoms with E-state index >= 15 is 0 Å². The van der Waals surface area contributed by atoms with Crippen LogP contribution in [0, 0.1) is 12.7 Å². The first-order chi connectivity index (χ1) is 14.9. The Balaban J connectivity index is 1.66. The number of aryl methyl sites for hydroxylation is 1. The molecule has 0 aliphatic rings. The Morgan fingerprint density at radius 2 is 2.19 bits per heavy atom. The summed E-state index contributed by atoms with van der Waals surface area (Å²) in [6, 6.07) is 4.63. The van der Waals surface area contributed by atoms with Gasteiger partial charge in [-0.3, -0.25) is 4.99 Å². The molecule has 0 bridgehead atoms. The van der Waals surface area contributed by atoms with Gasteiger partial charge in [0.05, 0.1) is 18.3 Å². The van der Waals surface area contributed by atoms with Crippen LogP contribution in [0.1, 0.15) is 52.7 Å². The number of carbonyl (C=O) groups is 1. The predicted octanol–water partition coefficient (Wildman–Crippen LogP) is 4.11. The van der Waals surface area contributed by atoms with Gasteiger partial charge in [-0.1, -0.05) is 0 Å². The van der Waals surface area contributed by atoms with Crippen molar-refractivity contribution in [2.45, 2.75) is 40.2 Å². The first-order valence-electron chi connectivity index (χ1n) is 10.4. The van der Waals surface area contributed by atoms with Gasteiger partial charge in [0.15, 0.2) is 5.96 Å². The minimum absolute atomic E-state index is 0.124. The summed E-state index contributed by atoms with van der Waals surface area (Å²) in [5.74, 6) is 0.0802. The lowest BCUT2D eigenvalue weighted by Crippen LogP contribution is -2.38. The Morgan fingerprint density at radius 1 is 1.39 bits per heavy atom. The SMILES string of the molecule is CCNC(=NCCc1c[nH]c2cc(F)ccc12)NC(C)c1nc(C)c(C(=O)OCC)s1. The second-order valence-electron chi connectivity index (χ2n) is 7.07. The van der Waals surface area contributed by atoms with Crippen molar-refractivity contribution in [2.75, 3.05) is 19.7 Å². The molecule has 0 radical (unpaired) electrons. The molecule has 2 heterocycles. The average Bonchev–Trinajstić information content (AvgIpc) is 3.31. The minimum atomic E-state index is -0.338. The van der Waals surface area contributed by atoms with E-state index in [1.54, 1.807) is 13.0 Å². The Kier molecular flexibility index (Phi) is 7.62. The predicted molar refractivity (Wildman–Crippen MR) is 122 cm³/mol. The number of aromatic amines is 1. The largest absolute Gasteiger partial charge is 0.462 e. The van der Waals surface area contributed by atoms with Crippen molar-refractivity contribution in [1.82, 2.24) is 20.6 Å². The number of halogens is 1. The molecule has 3 aromatic rings. The molecule has 0 amide bonds. The van der Waals surface area contributed by atoms with Gasteiger partial charge in [-0.2, -0.15) is 0 Å². The van der Waals surface area contributed by atoms with Gasteiger partial charge >= 0.3 is 5.97 Å². The highest BCUT2D eigenvalue weighted by molar-refractivity contribution is 7.13. The van der Waals surface area contributed by atoms with Gasteiger partial charge in [0.2, 0.25) is 0 Å². The van der Waals surface area contributed by atoms with Crippen LogP contribution in [0.15, 0.2) is 29.4 Å². The molecule has 9 heteroatoms. The maximum atomic E-state index is 13.4. The third-order valence-electron chi connectivity index (χ3n) is 4.72. The molecule has 1 atom stereocenters. The van der Waals surface area contributed by atoms with Crippen LogP contribution < -0.4 is 10.6 Å². The van der Waals surface area contributed by atoms with Crippen LogP contribution in [0.25, 0.3) is 10.9 Å². The summed E-state index contributed by atoms with van der Waals surface area (Å²) < 4.78 is 18.5. The van der Waals surface area contributed by atoms with Crippen LogP contribution in [0.5, 0.6) is 0 Å². The molecule has 0 spiro atoms. The third-order valence-corrected chi connectivity index (χ3v) is 6.04. The van der Waals surface area contributed by atoms with E-state index in [0.717, 1.165) is 34.4 Å². The molecular formula is C22H28FN5O2S. The number of rotatable bonds is 8. The zero-order valence-corrected chi connectivity index (χ0v) is 19.0. The Bertz CT molecular complexity index is 1080. The lowest BCUT2D eigenvalue weighted by molar-refractivity contribution is 0.0531. The van der Waals surface area contributed by atoms with Crippen LogP contribution in [0.2, 0.25) is 0 Å². The summed E-state index contributed by atoms with van der Waals surface area (Å²) in [5, 5.41) is 8.39. The lowest BCUT2D eigenvalue weighted by Gasteiger charge is -2.16. The molecule has 7 nitrogen and oxygen atoms in total. The zero-order valence-electron chi connectivity index (χ0n) is 18.2. The number of carbonyl (C=O) groups excluding carboxylic acids is 1. The molecule has 3 rings (SSSR count). The van der Waals surface area contributed by atoms with Gasteiger partial charge in [-0.25, -0.2) is 14.2 Å². The average molecular weight is 446 g/mol. The number of aromatic nitrogens is 2. The van der Waals surface area contributed by atoms with Crippen molar-refractivity contribution < 1.29 is 13.9 Å². The number of hydrogen-bond donors (Lipinski definition) is 3. The first kappa shape index (κ1) is 22.7. The number of thiazole rings is 1. The van der Waals surface area contributed by atoms with E-state index in [4.69, 9.17) is 4.74 Å². The van der Waals surface area contributed by atoms with E-state index in [9.17, 15) is 9.18 Å². The maximum absolute atomic E-state index is 13.4. The van der Waals surface area contributed by atoms with Crippen LogP contribution >= 0.6 is 11.3 Å². The van der Waals surface area contributed by atoms with Gasteiger partial charge in [-0.15, -0.1) is 11.3 Å². The minimum Gasteiger partial charge on any atom is -0.462 e. The fourth-order valence-electron chi connectivity index (χ4n) is 3.23. The van der Waals surface area contributed by atoms with E-state index in [0.29, 0.717) is 29.7 Å². The quantitative estimate of drug-likeness (QED) is 0.276. The number of ether oxygens (including phenoxy) is 1. The van der Waals surface area contributed by atoms with Gasteiger partial charge in [0.1, 0.15) is 15.7 Å². The maximum Gasteiger partial charge on any atom is 0.350 e. The van der Waals surface area contributed by atoms with Crippen molar-refractivity contribution in [2.24, 2.45) is 4.99 Å². The van der Waals surface area contributed by atoms with Gasteiger partial charge < -0.3 is 20.4 Å². The highest BCUT2D eigenvalue weighted by Crippen LogP contribution is 2.24. The van der Waals surface area contributed by atoms with Gasteiger partial charge in [0.25, 0.3) is 0 Å². The van der Waals surface area contributed by atoms with Crippen LogP contribution in [0.3, 0.4) is 0 Å². The van der Waals surface area contributed by atoms with E-state index in [1.807, 2.05) is 27.0 Å². The summed E-state index contributed by atoms with van der Waals surface area (Å²) in [4.78, 5) is 24.9. The van der Waals surface area contributed by atoms with Crippen LogP contribution in [-0.4, -0.2) is 41.6 Å². The molecule has 0 saturated carbocycles. The molecule has 0 fully saturated rings. The van der Waals surface area contributed by atoms with Crippen LogP contribution in [0.4, 0.5) is 4.39 Å². The number of nitrogens with zero attached hydrogens (tertiary/aromatic N) is 2. The third kappa shape index (κ3) is 5.61. The van der Waals surface area contributed by atoms with E-state index in [1.165, 1.54) is 23.5 Å². The van der Waals surface area contributed by atoms with Crippen LogP contribution in [-0.2, 0) is 11.2 Å². The standard InChI is InChI=1S/C22H28FN5O2S/c1-5-24-22(25-10-9-15-12-26-18-11-16(23)7-8-17(15)18)28-14(4)20-27-13(3)19(31-20)21(29)30-6-2/h7-8,11-12,14,26H,5-6,9-10H2,1-4H3,(H2,24,25,28). The molecular weight excluding hydrogens is 417 g/mol. The highest BCUT2D eigenvalue weighted by atomic mass is 32.1. The number of benzene rings is 1. The second kappa shape index (κ2) is 10.4. The molecule has 0 aliphatic heterocycles. The lowest BCUT2D eigenvalue weighted by atomic mass is 10.1. The summed E-state index contributed by atoms with van der Waals surface area (Å²) in [6.07, 6.45) is 2.62. The molecule has 1 aromatic carbocycles. The molecule has 166 valence electrons. The molecule has 0 saturated heterocycles. The fraction of sp³-hybridized carbons (Fsp3) is 0.409. The smallest absolute Gasteiger partial charge is 0.350 e. The Hall–Kier alpha value is -2.94. The number of hydrogen-bond acceptors (Lipinski definition) is 5. The number of esters is 1. The normalized spacial score (nSPS) is 12.7. The first-order valence-corrected chi connectivity index (χ1v) is 11.2. The van der Waals surface area contributed by atoms with Crippen molar-refractivity contribution >= 4 is 34.2 Å². The molecule has 31 heavy (non-hydrogen) atoms. The van der Waals surface area contributed by atoms with Gasteiger partial charge in [-0.05, 0) is 57.9 Å². The highest BCUT2D eigenvalue weighted by Gasteiger charge is 2.20. The Morgan fingerprint density at radius 3 is 2.94 bits per heavy atom. The van der Waals surface area contributed by atoms with Crippen molar-refractivity contribution in [3.8, 4) is 0 Å². The summed E-state index contributed by atoms with van der Waals surface area (Å²) in [5.41, 5.74) is 2.55. The summed E-state index contributed by atoms with van der Waals surface area (Å²) >= 11 is 1.33. The zero-order chi connectivity index (χ0) is 22.4. The van der Waals surface area contributed by atoms with E-state index in [-0.39, 0.29) is 17.8 Å². The number of guanidine groups is 1. The number of aliphatic imine (C=N–C) groups is 1. The molecule has 2 aromatic heterocycles. The Labute approximate surface area is 185 Å². The van der Waals surface area contributed by atoms with Crippen molar-refractivity contribution in [3.05, 3.63) is 51.4 Å². The van der Waals surface area contributed by atoms with Gasteiger partial charge in [0, 0.05) is 30.2 Å². The number of fused-ring (bicyclic) bond motifs is 1. The number of nitrogens with one attached hydrogen (secondary N) is 3. The van der Waals surface area contributed by atoms with Crippen molar-refractivity contribution in [1.29, 1.82) is 0 Å².